The molecule has 0 saturated carbocycles. The minimum atomic E-state index is -0.744. The molecule has 236 valence electrons. The number of ether oxygens (including phenoxy) is 2. The minimum Gasteiger partial charge on any atom is -0.459 e. The van der Waals surface area contributed by atoms with Gasteiger partial charge >= 0.3 is 12.1 Å². The van der Waals surface area contributed by atoms with Crippen LogP contribution >= 0.6 is 0 Å². The molecule has 0 aliphatic heterocycles. The lowest BCUT2D eigenvalue weighted by Crippen LogP contribution is -2.43. The van der Waals surface area contributed by atoms with Crippen LogP contribution in [0, 0.1) is 0 Å². The number of benzene rings is 1. The molecule has 0 bridgehead atoms. The lowest BCUT2D eigenvalue weighted by atomic mass is 10.1. The van der Waals surface area contributed by atoms with Crippen molar-refractivity contribution in [1.29, 1.82) is 0 Å². The predicted octanol–water partition coefficient (Wildman–Crippen LogP) is 5.20. The van der Waals surface area contributed by atoms with Gasteiger partial charge in [-0.2, -0.15) is 0 Å². The Bertz CT molecular complexity index is 1320. The van der Waals surface area contributed by atoms with E-state index in [0.717, 1.165) is 17.5 Å². The second-order valence-electron chi connectivity index (χ2n) is 12.5. The molecule has 10 heteroatoms. The number of pyridine rings is 2. The Kier molecular flexibility index (Phi) is 12.5. The number of amides is 1. The summed E-state index contributed by atoms with van der Waals surface area (Å²) in [6.45, 7) is 13.8. The normalized spacial score (nSPS) is 12.4. The van der Waals surface area contributed by atoms with Gasteiger partial charge in [0, 0.05) is 50.7 Å². The summed E-state index contributed by atoms with van der Waals surface area (Å²) in [4.78, 5) is 50.1. The van der Waals surface area contributed by atoms with Crippen LogP contribution in [0.15, 0.2) is 73.1 Å². The molecule has 2 aromatic heterocycles. The molecule has 1 N–H and O–H groups in total. The molecule has 3 aromatic rings. The number of aldehydes is 1. The van der Waals surface area contributed by atoms with Gasteiger partial charge in [0.25, 0.3) is 0 Å². The number of rotatable bonds is 14. The first-order chi connectivity index (χ1) is 20.8. The van der Waals surface area contributed by atoms with Gasteiger partial charge in [-0.1, -0.05) is 36.4 Å². The smallest absolute Gasteiger partial charge is 0.410 e. The number of esters is 1. The second kappa shape index (κ2) is 16.1. The van der Waals surface area contributed by atoms with Gasteiger partial charge < -0.3 is 14.4 Å². The van der Waals surface area contributed by atoms with Crippen LogP contribution < -0.4 is 5.32 Å². The summed E-state index contributed by atoms with van der Waals surface area (Å²) in [6.07, 6.45) is 3.75. The van der Waals surface area contributed by atoms with Crippen LogP contribution in [-0.4, -0.2) is 75.5 Å². The summed E-state index contributed by atoms with van der Waals surface area (Å²) < 4.78 is 11.4. The molecule has 0 spiro atoms. The molecular weight excluding hydrogens is 558 g/mol. The zero-order valence-corrected chi connectivity index (χ0v) is 26.7. The Balaban J connectivity index is 1.77. The maximum Gasteiger partial charge on any atom is 0.410 e. The summed E-state index contributed by atoms with van der Waals surface area (Å²) in [7, 11) is 0. The van der Waals surface area contributed by atoms with Crippen LogP contribution in [0.5, 0.6) is 0 Å². The van der Waals surface area contributed by atoms with Gasteiger partial charge in [-0.05, 0) is 71.4 Å². The largest absolute Gasteiger partial charge is 0.459 e. The number of carbonyl (C=O) groups excluding carboxylic acids is 3. The molecule has 0 saturated heterocycles. The Morgan fingerprint density at radius 3 is 2.05 bits per heavy atom. The highest BCUT2D eigenvalue weighted by atomic mass is 16.6. The number of nitrogens with one attached hydrogen (secondary N) is 1. The molecule has 1 aromatic carbocycles. The molecule has 1 amide bonds. The maximum absolute atomic E-state index is 13.2. The molecule has 0 radical (unpaired) electrons. The van der Waals surface area contributed by atoms with Crippen molar-refractivity contribution in [2.75, 3.05) is 26.2 Å². The minimum absolute atomic E-state index is 0.302. The number of hydrogen-bond acceptors (Lipinski definition) is 9. The molecule has 44 heavy (non-hydrogen) atoms. The van der Waals surface area contributed by atoms with Gasteiger partial charge in [-0.15, -0.1) is 0 Å². The predicted molar refractivity (Wildman–Crippen MR) is 169 cm³/mol. The van der Waals surface area contributed by atoms with Gasteiger partial charge in [0.15, 0.2) is 0 Å². The Labute approximate surface area is 260 Å². The lowest BCUT2D eigenvalue weighted by Gasteiger charge is -2.30. The van der Waals surface area contributed by atoms with E-state index < -0.39 is 29.3 Å². The fourth-order valence-electron chi connectivity index (χ4n) is 4.32. The van der Waals surface area contributed by atoms with Gasteiger partial charge in [0.05, 0.1) is 17.9 Å². The Hall–Kier alpha value is -4.15. The third-order valence-electron chi connectivity index (χ3n) is 6.34. The second-order valence-corrected chi connectivity index (χ2v) is 12.5. The quantitative estimate of drug-likeness (QED) is 0.196. The molecule has 1 atom stereocenters. The van der Waals surface area contributed by atoms with E-state index in [0.29, 0.717) is 50.5 Å². The summed E-state index contributed by atoms with van der Waals surface area (Å²) >= 11 is 0. The van der Waals surface area contributed by atoms with E-state index in [1.165, 1.54) is 0 Å². The van der Waals surface area contributed by atoms with E-state index in [1.807, 2.05) is 77.9 Å². The molecule has 10 nitrogen and oxygen atoms in total. The number of hydrogen-bond donors (Lipinski definition) is 1. The molecule has 3 rings (SSSR count). The first kappa shape index (κ1) is 34.3. The molecule has 1 unspecified atom stereocenters. The van der Waals surface area contributed by atoms with Gasteiger partial charge in [-0.25, -0.2) is 9.59 Å². The number of carbonyl (C=O) groups is 3. The average molecular weight is 604 g/mol. The first-order valence-corrected chi connectivity index (χ1v) is 14.8. The summed E-state index contributed by atoms with van der Waals surface area (Å²) in [5, 5.41) is 3.33. The van der Waals surface area contributed by atoms with Crippen LogP contribution in [0.1, 0.15) is 74.9 Å². The van der Waals surface area contributed by atoms with E-state index in [9.17, 15) is 14.4 Å². The molecule has 0 fully saturated rings. The van der Waals surface area contributed by atoms with E-state index in [-0.39, 0.29) is 0 Å². The average Bonchev–Trinajstić information content (AvgIpc) is 2.96. The van der Waals surface area contributed by atoms with Crippen molar-refractivity contribution >= 4 is 18.3 Å². The highest BCUT2D eigenvalue weighted by Gasteiger charge is 2.28. The molecular formula is C34H45N5O5. The zero-order valence-electron chi connectivity index (χ0n) is 26.7. The number of nitrogens with zero attached hydrogens (tertiary/aromatic N) is 4. The third kappa shape index (κ3) is 12.2. The van der Waals surface area contributed by atoms with Crippen LogP contribution in [-0.2, 0) is 27.4 Å². The zero-order chi connectivity index (χ0) is 32.2. The van der Waals surface area contributed by atoms with Crippen molar-refractivity contribution in [2.24, 2.45) is 0 Å². The topological polar surface area (TPSA) is 114 Å². The first-order valence-electron chi connectivity index (χ1n) is 14.8. The van der Waals surface area contributed by atoms with Crippen molar-refractivity contribution in [3.63, 3.8) is 0 Å². The third-order valence-corrected chi connectivity index (χ3v) is 6.34. The van der Waals surface area contributed by atoms with E-state index in [4.69, 9.17) is 9.47 Å². The highest BCUT2D eigenvalue weighted by molar-refractivity contribution is 5.77. The van der Waals surface area contributed by atoms with Crippen LogP contribution in [0.25, 0.3) is 0 Å². The fraction of sp³-hybridized carbons (Fsp3) is 0.441. The SMILES string of the molecule is CC(C)(C)OC(=O)C(NCCN(CCN(Cc1ccccn1)C(=O)OC(C)(C)C)Cc1ccc(C=O)cc1)c1ccccn1. The van der Waals surface area contributed by atoms with Crippen LogP contribution in [0.4, 0.5) is 4.79 Å². The van der Waals surface area contributed by atoms with Crippen molar-refractivity contribution in [3.05, 3.63) is 95.6 Å². The van der Waals surface area contributed by atoms with Crippen LogP contribution in [0.3, 0.4) is 0 Å². The summed E-state index contributed by atoms with van der Waals surface area (Å²) in [6, 6.07) is 17.7. The lowest BCUT2D eigenvalue weighted by molar-refractivity contribution is -0.157. The van der Waals surface area contributed by atoms with E-state index >= 15 is 0 Å². The highest BCUT2D eigenvalue weighted by Crippen LogP contribution is 2.18. The maximum atomic E-state index is 13.2. The molecule has 0 aliphatic carbocycles. The van der Waals surface area contributed by atoms with Crippen molar-refractivity contribution in [1.82, 2.24) is 25.1 Å². The Morgan fingerprint density at radius 1 is 0.818 bits per heavy atom. The standard InChI is InChI=1S/C34H45N5O5/c1-33(2,3)43-31(41)30(29-12-8-10-18-36-29)37-19-20-38(23-26-13-15-27(25-40)16-14-26)21-22-39(32(42)44-34(4,5)6)24-28-11-7-9-17-35-28/h7-18,25,30,37H,19-24H2,1-6H3. The monoisotopic (exact) mass is 603 g/mol. The Morgan fingerprint density at radius 2 is 1.48 bits per heavy atom. The van der Waals surface area contributed by atoms with Crippen molar-refractivity contribution < 1.29 is 23.9 Å². The van der Waals surface area contributed by atoms with Gasteiger partial charge in [0.1, 0.15) is 23.5 Å². The fourth-order valence-corrected chi connectivity index (χ4v) is 4.32. The molecule has 2 heterocycles. The summed E-state index contributed by atoms with van der Waals surface area (Å²) in [5.74, 6) is -0.404. The summed E-state index contributed by atoms with van der Waals surface area (Å²) in [5.41, 5.74) is 1.65. The van der Waals surface area contributed by atoms with Crippen molar-refractivity contribution in [2.45, 2.75) is 71.9 Å². The van der Waals surface area contributed by atoms with Crippen molar-refractivity contribution in [3.8, 4) is 0 Å². The van der Waals surface area contributed by atoms with E-state index in [1.54, 1.807) is 41.6 Å². The van der Waals surface area contributed by atoms with Gasteiger partial charge in [-0.3, -0.25) is 25.0 Å². The number of aromatic nitrogens is 2. The van der Waals surface area contributed by atoms with E-state index in [2.05, 4.69) is 20.2 Å². The van der Waals surface area contributed by atoms with Crippen LogP contribution in [0.2, 0.25) is 0 Å². The van der Waals surface area contributed by atoms with Gasteiger partial charge in [0.2, 0.25) is 0 Å². The molecule has 0 aliphatic rings.